The van der Waals surface area contributed by atoms with Crippen LogP contribution < -0.4 is 5.32 Å². The molecule has 1 aromatic carbocycles. The average Bonchev–Trinajstić information content (AvgIpc) is 3.44. The summed E-state index contributed by atoms with van der Waals surface area (Å²) < 4.78 is 10.9. The maximum Gasteiger partial charge on any atom is 0.257 e. The molecule has 3 heterocycles. The zero-order valence-electron chi connectivity index (χ0n) is 15.7. The van der Waals surface area contributed by atoms with Crippen LogP contribution in [0.25, 0.3) is 11.3 Å². The van der Waals surface area contributed by atoms with Gasteiger partial charge >= 0.3 is 0 Å². The standard InChI is InChI=1S/C21H22ClN3O3/c1-14-19(20(24-28-14)15-7-2-3-8-16(15)22)21(26)23-13-17(18-9-6-12-27-18)25-10-4-5-11-25/h2-3,6-9,12,17H,4-5,10-11,13H2,1H3,(H,23,26)/t17-/m1/s1. The van der Waals surface area contributed by atoms with Gasteiger partial charge in [-0.3, -0.25) is 9.69 Å². The molecule has 1 fully saturated rings. The first kappa shape index (κ1) is 18.8. The number of hydrogen-bond donors (Lipinski definition) is 1. The molecule has 1 saturated heterocycles. The van der Waals surface area contributed by atoms with Gasteiger partial charge in [0.15, 0.2) is 0 Å². The van der Waals surface area contributed by atoms with Gasteiger partial charge in [0.05, 0.1) is 17.3 Å². The minimum Gasteiger partial charge on any atom is -0.468 e. The van der Waals surface area contributed by atoms with Gasteiger partial charge in [-0.1, -0.05) is 35.0 Å². The monoisotopic (exact) mass is 399 g/mol. The predicted molar refractivity (Wildman–Crippen MR) is 106 cm³/mol. The van der Waals surface area contributed by atoms with E-state index >= 15 is 0 Å². The molecule has 1 aliphatic heterocycles. The van der Waals surface area contributed by atoms with Crippen LogP contribution in [0.4, 0.5) is 0 Å². The number of aromatic nitrogens is 1. The van der Waals surface area contributed by atoms with E-state index in [4.69, 9.17) is 20.5 Å². The molecule has 0 radical (unpaired) electrons. The van der Waals surface area contributed by atoms with Gasteiger partial charge in [0.1, 0.15) is 22.8 Å². The van der Waals surface area contributed by atoms with Crippen molar-refractivity contribution in [3.05, 3.63) is 64.8 Å². The van der Waals surface area contributed by atoms with Crippen LogP contribution in [-0.2, 0) is 0 Å². The second-order valence-corrected chi connectivity index (χ2v) is 7.33. The molecule has 1 amide bonds. The number of likely N-dealkylation sites (tertiary alicyclic amines) is 1. The summed E-state index contributed by atoms with van der Waals surface area (Å²) in [6, 6.07) is 11.1. The molecule has 7 heteroatoms. The Bertz CT molecular complexity index is 946. The first-order chi connectivity index (χ1) is 13.6. The van der Waals surface area contributed by atoms with Crippen LogP contribution in [0.3, 0.4) is 0 Å². The Morgan fingerprint density at radius 2 is 2.04 bits per heavy atom. The molecule has 3 aromatic rings. The molecule has 0 unspecified atom stereocenters. The van der Waals surface area contributed by atoms with Crippen LogP contribution in [0.2, 0.25) is 5.02 Å². The van der Waals surface area contributed by atoms with E-state index in [2.05, 4.69) is 15.4 Å². The second-order valence-electron chi connectivity index (χ2n) is 6.93. The third-order valence-electron chi connectivity index (χ3n) is 5.13. The fourth-order valence-electron chi connectivity index (χ4n) is 3.70. The molecule has 0 aliphatic carbocycles. The molecule has 0 bridgehead atoms. The van der Waals surface area contributed by atoms with Gasteiger partial charge in [-0.15, -0.1) is 0 Å². The summed E-state index contributed by atoms with van der Waals surface area (Å²) in [6.45, 7) is 4.17. The summed E-state index contributed by atoms with van der Waals surface area (Å²) in [4.78, 5) is 15.4. The highest BCUT2D eigenvalue weighted by Gasteiger charge is 2.28. The summed E-state index contributed by atoms with van der Waals surface area (Å²) in [6.07, 6.45) is 3.99. The quantitative estimate of drug-likeness (QED) is 0.662. The number of aryl methyl sites for hydroxylation is 1. The van der Waals surface area contributed by atoms with Gasteiger partial charge in [0.2, 0.25) is 0 Å². The molecular formula is C21H22ClN3O3. The number of benzene rings is 1. The number of halogens is 1. The zero-order valence-corrected chi connectivity index (χ0v) is 16.4. The van der Waals surface area contributed by atoms with E-state index < -0.39 is 0 Å². The third kappa shape index (κ3) is 3.70. The Morgan fingerprint density at radius 3 is 2.75 bits per heavy atom. The minimum absolute atomic E-state index is 0.00498. The topological polar surface area (TPSA) is 71.5 Å². The van der Waals surface area contributed by atoms with Crippen molar-refractivity contribution in [1.82, 2.24) is 15.4 Å². The van der Waals surface area contributed by atoms with Crippen molar-refractivity contribution in [2.45, 2.75) is 25.8 Å². The first-order valence-electron chi connectivity index (χ1n) is 9.42. The van der Waals surface area contributed by atoms with Gasteiger partial charge < -0.3 is 14.3 Å². The minimum atomic E-state index is -0.232. The SMILES string of the molecule is Cc1onc(-c2ccccc2Cl)c1C(=O)NC[C@H](c1ccco1)N1CCCC1. The normalized spacial score (nSPS) is 15.6. The van der Waals surface area contributed by atoms with Crippen LogP contribution in [-0.4, -0.2) is 35.6 Å². The number of rotatable bonds is 6. The largest absolute Gasteiger partial charge is 0.468 e. The Kier molecular flexibility index (Phi) is 5.50. The molecule has 1 atom stereocenters. The van der Waals surface area contributed by atoms with Crippen molar-refractivity contribution in [2.24, 2.45) is 0 Å². The number of carbonyl (C=O) groups is 1. The van der Waals surface area contributed by atoms with E-state index in [1.54, 1.807) is 19.3 Å². The summed E-state index contributed by atoms with van der Waals surface area (Å²) in [5.74, 6) is 1.09. The van der Waals surface area contributed by atoms with Gasteiger partial charge in [-0.05, 0) is 51.1 Å². The Morgan fingerprint density at radius 1 is 1.25 bits per heavy atom. The Balaban J connectivity index is 1.55. The smallest absolute Gasteiger partial charge is 0.257 e. The number of hydrogen-bond acceptors (Lipinski definition) is 5. The van der Waals surface area contributed by atoms with Gasteiger partial charge in [0, 0.05) is 12.1 Å². The molecule has 146 valence electrons. The molecule has 6 nitrogen and oxygen atoms in total. The maximum atomic E-state index is 13.0. The van der Waals surface area contributed by atoms with Crippen LogP contribution in [0.1, 0.15) is 40.8 Å². The lowest BCUT2D eigenvalue weighted by atomic mass is 10.1. The summed E-state index contributed by atoms with van der Waals surface area (Å²) in [5.41, 5.74) is 1.54. The van der Waals surface area contributed by atoms with Crippen molar-refractivity contribution in [3.8, 4) is 11.3 Å². The molecule has 2 aromatic heterocycles. The van der Waals surface area contributed by atoms with Crippen molar-refractivity contribution in [2.75, 3.05) is 19.6 Å². The third-order valence-corrected chi connectivity index (χ3v) is 5.46. The van der Waals surface area contributed by atoms with Crippen LogP contribution in [0.15, 0.2) is 51.6 Å². The highest BCUT2D eigenvalue weighted by atomic mass is 35.5. The molecule has 0 spiro atoms. The fourth-order valence-corrected chi connectivity index (χ4v) is 3.92. The van der Waals surface area contributed by atoms with Crippen molar-refractivity contribution in [1.29, 1.82) is 0 Å². The summed E-state index contributed by atoms with van der Waals surface area (Å²) >= 11 is 6.29. The number of amides is 1. The first-order valence-corrected chi connectivity index (χ1v) is 9.80. The number of furan rings is 1. The predicted octanol–water partition coefficient (Wildman–Crippen LogP) is 4.46. The molecule has 28 heavy (non-hydrogen) atoms. The average molecular weight is 400 g/mol. The zero-order chi connectivity index (χ0) is 19.5. The van der Waals surface area contributed by atoms with Crippen LogP contribution in [0, 0.1) is 6.92 Å². The number of nitrogens with one attached hydrogen (secondary N) is 1. The lowest BCUT2D eigenvalue weighted by molar-refractivity contribution is 0.0933. The van der Waals surface area contributed by atoms with E-state index in [0.29, 0.717) is 34.1 Å². The summed E-state index contributed by atoms with van der Waals surface area (Å²) in [7, 11) is 0. The van der Waals surface area contributed by atoms with Crippen molar-refractivity contribution < 1.29 is 13.7 Å². The van der Waals surface area contributed by atoms with Gasteiger partial charge in [-0.25, -0.2) is 0 Å². The van der Waals surface area contributed by atoms with Crippen molar-refractivity contribution >= 4 is 17.5 Å². The molecular weight excluding hydrogens is 378 g/mol. The van der Waals surface area contributed by atoms with E-state index in [9.17, 15) is 4.79 Å². The summed E-state index contributed by atoms with van der Waals surface area (Å²) in [5, 5.41) is 7.63. The number of carbonyl (C=O) groups excluding carboxylic acids is 1. The van der Waals surface area contributed by atoms with Crippen LogP contribution >= 0.6 is 11.6 Å². The molecule has 4 rings (SSSR count). The van der Waals surface area contributed by atoms with E-state index in [1.807, 2.05) is 30.3 Å². The Labute approximate surface area is 168 Å². The van der Waals surface area contributed by atoms with E-state index in [0.717, 1.165) is 31.7 Å². The van der Waals surface area contributed by atoms with Crippen LogP contribution in [0.5, 0.6) is 0 Å². The highest BCUT2D eigenvalue weighted by molar-refractivity contribution is 6.33. The Hall–Kier alpha value is -2.57. The van der Waals surface area contributed by atoms with E-state index in [1.165, 1.54) is 0 Å². The lowest BCUT2D eigenvalue weighted by Crippen LogP contribution is -2.36. The number of nitrogens with zero attached hydrogens (tertiary/aromatic N) is 2. The second kappa shape index (κ2) is 8.20. The maximum absolute atomic E-state index is 13.0. The molecule has 1 N–H and O–H groups in total. The fraction of sp³-hybridized carbons (Fsp3) is 0.333. The lowest BCUT2D eigenvalue weighted by Gasteiger charge is -2.26. The highest BCUT2D eigenvalue weighted by Crippen LogP contribution is 2.31. The molecule has 0 saturated carbocycles. The van der Waals surface area contributed by atoms with Crippen molar-refractivity contribution in [3.63, 3.8) is 0 Å². The van der Waals surface area contributed by atoms with Gasteiger partial charge in [0.25, 0.3) is 5.91 Å². The molecule has 1 aliphatic rings. The van der Waals surface area contributed by atoms with E-state index in [-0.39, 0.29) is 11.9 Å². The van der Waals surface area contributed by atoms with Gasteiger partial charge in [-0.2, -0.15) is 0 Å².